The Labute approximate surface area is 152 Å². The van der Waals surface area contributed by atoms with Crippen LogP contribution in [0.3, 0.4) is 0 Å². The van der Waals surface area contributed by atoms with Crippen molar-refractivity contribution in [2.45, 2.75) is 25.8 Å². The Morgan fingerprint density at radius 3 is 3.00 bits per heavy atom. The van der Waals surface area contributed by atoms with Gasteiger partial charge in [0.2, 0.25) is 5.88 Å². The monoisotopic (exact) mass is 364 g/mol. The summed E-state index contributed by atoms with van der Waals surface area (Å²) < 4.78 is 9.20. The highest BCUT2D eigenvalue weighted by atomic mass is 16.5. The number of aromatic amines is 1. The number of nitrogens with one attached hydrogen (secondary N) is 1. The summed E-state index contributed by atoms with van der Waals surface area (Å²) in [5.74, 6) is 0.712. The molecule has 1 N–H and O–H groups in total. The minimum absolute atomic E-state index is 0.0989. The third-order valence-corrected chi connectivity index (χ3v) is 4.91. The Kier molecular flexibility index (Phi) is 3.36. The molecule has 1 aliphatic rings. The van der Waals surface area contributed by atoms with Crippen LogP contribution in [0.15, 0.2) is 40.3 Å². The molecule has 0 aliphatic carbocycles. The number of H-pyrrole nitrogens is 1. The molecule has 2 bridgehead atoms. The van der Waals surface area contributed by atoms with E-state index in [9.17, 15) is 9.59 Å². The van der Waals surface area contributed by atoms with Crippen molar-refractivity contribution in [1.29, 1.82) is 0 Å². The molecule has 0 saturated heterocycles. The number of pyridine rings is 2. The third kappa shape index (κ3) is 2.35. The summed E-state index contributed by atoms with van der Waals surface area (Å²) in [6.45, 7) is 2.53. The van der Waals surface area contributed by atoms with Crippen molar-refractivity contribution in [3.05, 3.63) is 51.4 Å². The molecule has 0 unspecified atom stereocenters. The normalized spacial score (nSPS) is 16.9. The molecular weight excluding hydrogens is 348 g/mol. The Bertz CT molecular complexity index is 1300. The SMILES string of the molecule is C[C@H]1CCCOc2ncnc3[nH]c(=O)n(c23)-c2ccc3c(=O)ccn1c3n2. The highest BCUT2D eigenvalue weighted by Gasteiger charge is 2.19. The summed E-state index contributed by atoms with van der Waals surface area (Å²) in [5, 5.41) is 0.519. The molecule has 4 aromatic heterocycles. The lowest BCUT2D eigenvalue weighted by Gasteiger charge is -2.19. The summed E-state index contributed by atoms with van der Waals surface area (Å²) in [6.07, 6.45) is 4.75. The first-order chi connectivity index (χ1) is 13.1. The largest absolute Gasteiger partial charge is 0.476 e. The van der Waals surface area contributed by atoms with E-state index in [1.54, 1.807) is 24.4 Å². The van der Waals surface area contributed by atoms with Crippen molar-refractivity contribution < 1.29 is 4.74 Å². The summed E-state index contributed by atoms with van der Waals surface area (Å²) in [5.41, 5.74) is 0.875. The molecule has 5 heterocycles. The minimum atomic E-state index is -0.392. The number of rotatable bonds is 0. The summed E-state index contributed by atoms with van der Waals surface area (Å²) in [6, 6.07) is 5.01. The van der Waals surface area contributed by atoms with Gasteiger partial charge in [0.05, 0.1) is 12.0 Å². The van der Waals surface area contributed by atoms with Crippen LogP contribution >= 0.6 is 0 Å². The van der Waals surface area contributed by atoms with Gasteiger partial charge >= 0.3 is 5.69 Å². The number of hydrogen-bond donors (Lipinski definition) is 1. The Morgan fingerprint density at radius 2 is 2.11 bits per heavy atom. The van der Waals surface area contributed by atoms with Gasteiger partial charge in [-0.3, -0.25) is 9.78 Å². The maximum atomic E-state index is 12.6. The zero-order chi connectivity index (χ0) is 18.5. The van der Waals surface area contributed by atoms with Crippen LogP contribution in [0.4, 0.5) is 0 Å². The van der Waals surface area contributed by atoms with Gasteiger partial charge in [-0.2, -0.15) is 4.98 Å². The van der Waals surface area contributed by atoms with Gasteiger partial charge in [0, 0.05) is 18.3 Å². The Morgan fingerprint density at radius 1 is 1.22 bits per heavy atom. The first-order valence-electron chi connectivity index (χ1n) is 8.74. The average molecular weight is 364 g/mol. The number of aromatic nitrogens is 6. The van der Waals surface area contributed by atoms with Gasteiger partial charge in [0.25, 0.3) is 0 Å². The van der Waals surface area contributed by atoms with Gasteiger partial charge < -0.3 is 9.30 Å². The second kappa shape index (κ2) is 5.76. The molecular formula is C18H16N6O3. The van der Waals surface area contributed by atoms with Crippen molar-refractivity contribution in [2.75, 3.05) is 6.61 Å². The molecule has 9 heteroatoms. The fraction of sp³-hybridized carbons (Fsp3) is 0.278. The first-order valence-corrected chi connectivity index (χ1v) is 8.74. The quantitative estimate of drug-likeness (QED) is 0.507. The maximum absolute atomic E-state index is 12.6. The molecule has 0 radical (unpaired) electrons. The molecule has 0 saturated carbocycles. The van der Waals surface area contributed by atoms with E-state index in [2.05, 4.69) is 26.9 Å². The van der Waals surface area contributed by atoms with Gasteiger partial charge in [-0.1, -0.05) is 0 Å². The number of fused-ring (bicyclic) bond motifs is 2. The van der Waals surface area contributed by atoms with E-state index < -0.39 is 5.69 Å². The molecule has 1 atom stereocenters. The number of nitrogens with zero attached hydrogens (tertiary/aromatic N) is 5. The molecule has 27 heavy (non-hydrogen) atoms. The lowest BCUT2D eigenvalue weighted by molar-refractivity contribution is 0.287. The summed E-state index contributed by atoms with van der Waals surface area (Å²) in [4.78, 5) is 40.6. The number of imidazole rings is 1. The maximum Gasteiger partial charge on any atom is 0.333 e. The molecule has 0 fully saturated rings. The molecule has 0 spiro atoms. The Hall–Kier alpha value is -3.49. The second-order valence-electron chi connectivity index (χ2n) is 6.61. The molecule has 0 amide bonds. The van der Waals surface area contributed by atoms with Crippen molar-refractivity contribution in [3.8, 4) is 11.7 Å². The highest BCUT2D eigenvalue weighted by molar-refractivity contribution is 5.80. The lowest BCUT2D eigenvalue weighted by atomic mass is 10.1. The first kappa shape index (κ1) is 15.7. The van der Waals surface area contributed by atoms with Crippen LogP contribution in [0.5, 0.6) is 5.88 Å². The smallest absolute Gasteiger partial charge is 0.333 e. The summed E-state index contributed by atoms with van der Waals surface area (Å²) in [7, 11) is 0. The number of hydrogen-bond acceptors (Lipinski definition) is 6. The van der Waals surface area contributed by atoms with E-state index in [1.165, 1.54) is 10.9 Å². The zero-order valence-electron chi connectivity index (χ0n) is 14.5. The molecule has 4 aromatic rings. The van der Waals surface area contributed by atoms with E-state index in [-0.39, 0.29) is 11.5 Å². The van der Waals surface area contributed by atoms with Crippen LogP contribution in [0.25, 0.3) is 28.0 Å². The van der Waals surface area contributed by atoms with Gasteiger partial charge in [-0.25, -0.2) is 19.3 Å². The van der Waals surface area contributed by atoms with Gasteiger partial charge in [-0.15, -0.1) is 0 Å². The van der Waals surface area contributed by atoms with E-state index >= 15 is 0 Å². The van der Waals surface area contributed by atoms with Crippen LogP contribution in [-0.4, -0.2) is 35.7 Å². The topological polar surface area (TPSA) is 108 Å². The van der Waals surface area contributed by atoms with Gasteiger partial charge in [-0.05, 0) is 31.9 Å². The third-order valence-electron chi connectivity index (χ3n) is 4.91. The van der Waals surface area contributed by atoms with Crippen molar-refractivity contribution in [3.63, 3.8) is 0 Å². The van der Waals surface area contributed by atoms with Gasteiger partial charge in [0.15, 0.2) is 16.6 Å². The fourth-order valence-electron chi connectivity index (χ4n) is 3.54. The van der Waals surface area contributed by atoms with Gasteiger partial charge in [0.1, 0.15) is 17.8 Å². The molecule has 9 nitrogen and oxygen atoms in total. The van der Waals surface area contributed by atoms with E-state index in [1.807, 2.05) is 4.57 Å². The second-order valence-corrected chi connectivity index (χ2v) is 6.61. The minimum Gasteiger partial charge on any atom is -0.476 e. The summed E-state index contributed by atoms with van der Waals surface area (Å²) >= 11 is 0. The number of ether oxygens (including phenoxy) is 1. The van der Waals surface area contributed by atoms with Crippen LogP contribution in [0.1, 0.15) is 25.8 Å². The predicted molar refractivity (Wildman–Crippen MR) is 98.5 cm³/mol. The standard InChI is InChI=1S/C18H16N6O3/c1-10-3-2-8-27-17-14-15(19-9-20-17)22-18(26)24(14)13-5-4-11-12(25)6-7-23(10)16(11)21-13/h4-7,9-10H,2-3,8H2,1H3,(H,19,20,22,26)/t10-/m0/s1. The predicted octanol–water partition coefficient (Wildman–Crippen LogP) is 1.55. The van der Waals surface area contributed by atoms with Crippen molar-refractivity contribution in [2.24, 2.45) is 0 Å². The zero-order valence-corrected chi connectivity index (χ0v) is 14.5. The lowest BCUT2D eigenvalue weighted by Crippen LogP contribution is -2.19. The fourth-order valence-corrected chi connectivity index (χ4v) is 3.54. The van der Waals surface area contributed by atoms with Crippen LogP contribution in [0, 0.1) is 0 Å². The Balaban J connectivity index is 1.92. The average Bonchev–Trinajstić information content (AvgIpc) is 3.00. The van der Waals surface area contributed by atoms with Crippen LogP contribution < -0.4 is 15.9 Å². The van der Waals surface area contributed by atoms with Crippen molar-refractivity contribution >= 4 is 22.2 Å². The van der Waals surface area contributed by atoms with E-state index in [4.69, 9.17) is 4.74 Å². The molecule has 136 valence electrons. The van der Waals surface area contributed by atoms with Crippen molar-refractivity contribution in [1.82, 2.24) is 29.1 Å². The molecule has 0 aromatic carbocycles. The van der Waals surface area contributed by atoms with E-state index in [0.29, 0.717) is 40.5 Å². The van der Waals surface area contributed by atoms with Crippen LogP contribution in [-0.2, 0) is 0 Å². The molecule has 5 rings (SSSR count). The molecule has 1 aliphatic heterocycles. The van der Waals surface area contributed by atoms with E-state index in [0.717, 1.165) is 12.8 Å². The van der Waals surface area contributed by atoms with Crippen LogP contribution in [0.2, 0.25) is 0 Å². The highest BCUT2D eigenvalue weighted by Crippen LogP contribution is 2.25.